The predicted molar refractivity (Wildman–Crippen MR) is 112 cm³/mol. The Morgan fingerprint density at radius 3 is 2.33 bits per heavy atom. The van der Waals surface area contributed by atoms with E-state index in [4.69, 9.17) is 0 Å². The third-order valence-electron chi connectivity index (χ3n) is 5.13. The number of hydrogen-bond acceptors (Lipinski definition) is 3. The van der Waals surface area contributed by atoms with Gasteiger partial charge in [0.2, 0.25) is 0 Å². The minimum atomic E-state index is 0.140. The monoisotopic (exact) mass is 363 g/mol. The van der Waals surface area contributed by atoms with Crippen LogP contribution in [-0.4, -0.2) is 20.1 Å². The minimum absolute atomic E-state index is 0.140. The Morgan fingerprint density at radius 2 is 1.74 bits per heavy atom. The maximum Gasteiger partial charge on any atom is 0.146 e. The second-order valence-electron chi connectivity index (χ2n) is 7.84. The van der Waals surface area contributed by atoms with Crippen LogP contribution in [0.5, 0.6) is 5.75 Å². The van der Waals surface area contributed by atoms with Crippen molar-refractivity contribution in [3.05, 3.63) is 59.2 Å². The molecule has 0 saturated carbocycles. The number of aryl methyl sites for hydroxylation is 1. The first kappa shape index (κ1) is 19.2. The fraction of sp³-hybridized carbons (Fsp3) is 0.391. The number of nitrogens with zero attached hydrogens (tertiary/aromatic N) is 3. The van der Waals surface area contributed by atoms with Crippen LogP contribution in [0.15, 0.2) is 48.0 Å². The van der Waals surface area contributed by atoms with Gasteiger partial charge in [0.25, 0.3) is 0 Å². The molecule has 2 aromatic carbocycles. The molecule has 3 rings (SSSR count). The molecule has 1 aromatic heterocycles. The van der Waals surface area contributed by atoms with Crippen molar-refractivity contribution >= 4 is 11.0 Å². The topological polar surface area (TPSA) is 50.9 Å². The van der Waals surface area contributed by atoms with Crippen molar-refractivity contribution in [3.8, 4) is 11.4 Å². The number of allylic oxidation sites excluding steroid dienone is 2. The number of phenols is 1. The van der Waals surface area contributed by atoms with Crippen molar-refractivity contribution < 1.29 is 5.11 Å². The third-order valence-corrected chi connectivity index (χ3v) is 5.13. The highest BCUT2D eigenvalue weighted by Crippen LogP contribution is 2.36. The summed E-state index contributed by atoms with van der Waals surface area (Å²) in [5, 5.41) is 20.1. The molecule has 142 valence electrons. The van der Waals surface area contributed by atoms with Crippen LogP contribution >= 0.6 is 0 Å². The first-order valence-corrected chi connectivity index (χ1v) is 9.69. The van der Waals surface area contributed by atoms with E-state index in [9.17, 15) is 5.11 Å². The summed E-state index contributed by atoms with van der Waals surface area (Å²) in [6, 6.07) is 11.7. The van der Waals surface area contributed by atoms with Crippen LogP contribution in [0.25, 0.3) is 16.7 Å². The Kier molecular flexibility index (Phi) is 5.64. The summed E-state index contributed by atoms with van der Waals surface area (Å²) < 4.78 is 0. The molecule has 4 nitrogen and oxygen atoms in total. The lowest BCUT2D eigenvalue weighted by Crippen LogP contribution is -2.04. The summed E-state index contributed by atoms with van der Waals surface area (Å²) in [5.41, 5.74) is 5.55. The van der Waals surface area contributed by atoms with Crippen molar-refractivity contribution in [2.45, 2.75) is 53.4 Å². The van der Waals surface area contributed by atoms with Gasteiger partial charge in [0, 0.05) is 11.5 Å². The molecular formula is C23H29N3O. The average Bonchev–Trinajstić information content (AvgIpc) is 3.06. The van der Waals surface area contributed by atoms with Crippen molar-refractivity contribution in [1.82, 2.24) is 15.0 Å². The molecule has 1 heterocycles. The number of fused-ring (bicyclic) bond motifs is 1. The molecule has 0 aliphatic carbocycles. The molecule has 0 fully saturated rings. The molecule has 0 radical (unpaired) electrons. The van der Waals surface area contributed by atoms with Gasteiger partial charge < -0.3 is 5.11 Å². The predicted octanol–water partition coefficient (Wildman–Crippen LogP) is 5.92. The van der Waals surface area contributed by atoms with Gasteiger partial charge >= 0.3 is 0 Å². The first-order valence-electron chi connectivity index (χ1n) is 9.69. The van der Waals surface area contributed by atoms with Gasteiger partial charge in [-0.3, -0.25) is 0 Å². The van der Waals surface area contributed by atoms with Gasteiger partial charge in [-0.2, -0.15) is 0 Å². The van der Waals surface area contributed by atoms with E-state index in [1.165, 1.54) is 12.0 Å². The van der Waals surface area contributed by atoms with Crippen LogP contribution in [0.2, 0.25) is 0 Å². The highest BCUT2D eigenvalue weighted by Gasteiger charge is 2.18. The number of rotatable bonds is 6. The highest BCUT2D eigenvalue weighted by atomic mass is 16.3. The Morgan fingerprint density at radius 1 is 1.11 bits per heavy atom. The largest absolute Gasteiger partial charge is 0.505 e. The van der Waals surface area contributed by atoms with Gasteiger partial charge in [-0.25, -0.2) is 0 Å². The standard InChI is InChI=1S/C23H29N3O/c1-15(2)9-8-10-17(4)18(5)19-13-16(3)14-22(23(19)27)26-24-20-11-6-7-12-21(20)25-26/h6-7,10-15,18,27H,8-9H2,1-5H3. The Balaban J connectivity index is 1.98. The van der Waals surface area contributed by atoms with Gasteiger partial charge in [0.15, 0.2) is 0 Å². The van der Waals surface area contributed by atoms with E-state index in [0.717, 1.165) is 28.6 Å². The van der Waals surface area contributed by atoms with Gasteiger partial charge in [-0.1, -0.05) is 50.6 Å². The maximum atomic E-state index is 11.0. The van der Waals surface area contributed by atoms with Gasteiger partial charge in [-0.15, -0.1) is 15.0 Å². The molecule has 27 heavy (non-hydrogen) atoms. The van der Waals surface area contributed by atoms with Crippen molar-refractivity contribution in [3.63, 3.8) is 0 Å². The van der Waals surface area contributed by atoms with E-state index in [2.05, 4.69) is 50.0 Å². The molecule has 0 bridgehead atoms. The summed E-state index contributed by atoms with van der Waals surface area (Å²) in [6.45, 7) is 10.8. The molecule has 0 aliphatic heterocycles. The van der Waals surface area contributed by atoms with E-state index in [1.807, 2.05) is 37.3 Å². The number of aromatic nitrogens is 3. The van der Waals surface area contributed by atoms with Gasteiger partial charge in [0.05, 0.1) is 0 Å². The molecular weight excluding hydrogens is 334 g/mol. The van der Waals surface area contributed by atoms with Crippen LogP contribution in [0.4, 0.5) is 0 Å². The van der Waals surface area contributed by atoms with Crippen LogP contribution in [0.3, 0.4) is 0 Å². The fourth-order valence-corrected chi connectivity index (χ4v) is 3.30. The molecule has 0 amide bonds. The van der Waals surface area contributed by atoms with E-state index in [0.29, 0.717) is 11.6 Å². The van der Waals surface area contributed by atoms with Crippen molar-refractivity contribution in [1.29, 1.82) is 0 Å². The molecule has 1 unspecified atom stereocenters. The summed E-state index contributed by atoms with van der Waals surface area (Å²) in [6.07, 6.45) is 4.55. The molecule has 3 aromatic rings. The van der Waals surface area contributed by atoms with E-state index in [-0.39, 0.29) is 11.7 Å². The van der Waals surface area contributed by atoms with Crippen molar-refractivity contribution in [2.24, 2.45) is 5.92 Å². The molecule has 0 aliphatic rings. The van der Waals surface area contributed by atoms with E-state index >= 15 is 0 Å². The Labute approximate surface area is 161 Å². The zero-order chi connectivity index (χ0) is 19.6. The number of benzene rings is 2. The second kappa shape index (κ2) is 7.95. The smallest absolute Gasteiger partial charge is 0.146 e. The molecule has 1 atom stereocenters. The lowest BCUT2D eigenvalue weighted by Gasteiger charge is -2.18. The second-order valence-corrected chi connectivity index (χ2v) is 7.84. The molecule has 0 spiro atoms. The molecule has 4 heteroatoms. The van der Waals surface area contributed by atoms with Crippen LogP contribution in [0.1, 0.15) is 57.6 Å². The quantitative estimate of drug-likeness (QED) is 0.553. The highest BCUT2D eigenvalue weighted by molar-refractivity contribution is 5.73. The van der Waals surface area contributed by atoms with Crippen molar-refractivity contribution in [2.75, 3.05) is 0 Å². The normalized spacial score (nSPS) is 13.5. The zero-order valence-corrected chi connectivity index (χ0v) is 16.9. The summed E-state index contributed by atoms with van der Waals surface area (Å²) >= 11 is 0. The minimum Gasteiger partial charge on any atom is -0.505 e. The number of hydrogen-bond donors (Lipinski definition) is 1. The summed E-state index contributed by atoms with van der Waals surface area (Å²) in [5.74, 6) is 1.09. The number of phenolic OH excluding ortho intramolecular Hbond substituents is 1. The third kappa shape index (κ3) is 4.21. The summed E-state index contributed by atoms with van der Waals surface area (Å²) in [4.78, 5) is 1.54. The summed E-state index contributed by atoms with van der Waals surface area (Å²) in [7, 11) is 0. The van der Waals surface area contributed by atoms with Crippen LogP contribution < -0.4 is 0 Å². The Hall–Kier alpha value is -2.62. The Bertz CT molecular complexity index is 936. The SMILES string of the molecule is CC(=CCCC(C)C)C(C)c1cc(C)cc(-n2nc3ccccc3n2)c1O. The zero-order valence-electron chi connectivity index (χ0n) is 16.9. The lowest BCUT2D eigenvalue weighted by atomic mass is 9.90. The molecule has 0 saturated heterocycles. The fourth-order valence-electron chi connectivity index (χ4n) is 3.30. The first-order chi connectivity index (χ1) is 12.9. The van der Waals surface area contributed by atoms with Gasteiger partial charge in [-0.05, 0) is 56.4 Å². The van der Waals surface area contributed by atoms with Crippen LogP contribution in [0, 0.1) is 12.8 Å². The van der Waals surface area contributed by atoms with Gasteiger partial charge in [0.1, 0.15) is 22.5 Å². The van der Waals surface area contributed by atoms with E-state index in [1.54, 1.807) is 4.80 Å². The number of aromatic hydroxyl groups is 1. The van der Waals surface area contributed by atoms with Crippen LogP contribution in [-0.2, 0) is 0 Å². The maximum absolute atomic E-state index is 11.0. The molecule has 1 N–H and O–H groups in total. The average molecular weight is 364 g/mol. The van der Waals surface area contributed by atoms with E-state index < -0.39 is 0 Å². The lowest BCUT2D eigenvalue weighted by molar-refractivity contribution is 0.458.